The van der Waals surface area contributed by atoms with Crippen LogP contribution in [0.4, 0.5) is 0 Å². The van der Waals surface area contributed by atoms with Gasteiger partial charge in [0.2, 0.25) is 0 Å². The molecule has 0 unspecified atom stereocenters. The smallest absolute Gasteiger partial charge is 0.0872 e. The van der Waals surface area contributed by atoms with Gasteiger partial charge in [-0.3, -0.25) is 0 Å². The molecule has 0 amide bonds. The first-order chi connectivity index (χ1) is 8.61. The maximum absolute atomic E-state index is 9.76. The monoisotopic (exact) mass is 282 g/mol. The molecule has 1 fully saturated rings. The molecule has 3 nitrogen and oxygen atoms in total. The van der Waals surface area contributed by atoms with Gasteiger partial charge < -0.3 is 15.3 Å². The highest BCUT2D eigenvalue weighted by molar-refractivity contribution is 6.75. The van der Waals surface area contributed by atoms with E-state index in [0.29, 0.717) is 0 Å². The fourth-order valence-corrected chi connectivity index (χ4v) is 1.30. The van der Waals surface area contributed by atoms with Crippen molar-refractivity contribution in [1.82, 2.24) is 0 Å². The third kappa shape index (κ3) is 7.14. The summed E-state index contributed by atoms with van der Waals surface area (Å²) < 4.78 is 0. The molecule has 0 aromatic rings. The van der Waals surface area contributed by atoms with Crippen LogP contribution in [0.5, 0.6) is 0 Å². The van der Waals surface area contributed by atoms with Gasteiger partial charge in [0.15, 0.2) is 0 Å². The largest absolute Gasteiger partial charge is 0.390 e. The van der Waals surface area contributed by atoms with Gasteiger partial charge in [0.05, 0.1) is 16.8 Å². The highest BCUT2D eigenvalue weighted by Gasteiger charge is 2.46. The Kier molecular flexibility index (Phi) is 8.17. The lowest BCUT2D eigenvalue weighted by Crippen LogP contribution is -2.44. The van der Waals surface area contributed by atoms with Crippen molar-refractivity contribution in [3.05, 3.63) is 0 Å². The van der Waals surface area contributed by atoms with E-state index in [2.05, 4.69) is 29.3 Å². The van der Waals surface area contributed by atoms with Gasteiger partial charge in [0.25, 0.3) is 0 Å². The lowest BCUT2D eigenvalue weighted by Gasteiger charge is -2.37. The molecule has 1 aliphatic carbocycles. The minimum atomic E-state index is -1.01. The predicted octanol–water partition coefficient (Wildman–Crippen LogP) is 1.96. The van der Waals surface area contributed by atoms with E-state index in [1.807, 2.05) is 13.8 Å². The van der Waals surface area contributed by atoms with E-state index in [1.165, 1.54) is 12.8 Å². The molecule has 5 heteroatoms. The second kappa shape index (κ2) is 7.33. The molecule has 20 heavy (non-hydrogen) atoms. The predicted molar refractivity (Wildman–Crippen MR) is 86.9 cm³/mol. The maximum atomic E-state index is 9.76. The molecule has 0 aromatic heterocycles. The summed E-state index contributed by atoms with van der Waals surface area (Å²) in [5.41, 5.74) is -2.43. The van der Waals surface area contributed by atoms with E-state index < -0.39 is 16.8 Å². The summed E-state index contributed by atoms with van der Waals surface area (Å²) in [7, 11) is 8.00. The Labute approximate surface area is 128 Å². The fraction of sp³-hybridized carbons (Fsp3) is 1.00. The van der Waals surface area contributed by atoms with Crippen molar-refractivity contribution in [1.29, 1.82) is 0 Å². The Hall–Kier alpha value is 0.00987. The van der Waals surface area contributed by atoms with Gasteiger partial charge in [-0.2, -0.15) is 0 Å². The Balaban J connectivity index is 0. The normalized spacial score (nSPS) is 16.6. The number of hydrogen-bond donors (Lipinski definition) is 3. The lowest BCUT2D eigenvalue weighted by molar-refractivity contribution is -0.107. The molecule has 4 radical (unpaired) electrons. The Morgan fingerprint density at radius 2 is 0.900 bits per heavy atom. The molecule has 0 bridgehead atoms. The molecule has 1 saturated carbocycles. The molecular weight excluding hydrogens is 250 g/mol. The summed E-state index contributed by atoms with van der Waals surface area (Å²) in [6.07, 6.45) is 2.61. The first-order valence-electron chi connectivity index (χ1n) is 7.11. The van der Waals surface area contributed by atoms with Crippen LogP contribution in [0.3, 0.4) is 0 Å². The number of rotatable bonds is 3. The van der Waals surface area contributed by atoms with Gasteiger partial charge in [-0.1, -0.05) is 13.8 Å². The molecule has 0 aromatic carbocycles. The summed E-state index contributed by atoms with van der Waals surface area (Å²) in [6, 6.07) is 0. The molecule has 0 aliphatic heterocycles. The first kappa shape index (κ1) is 22.3. The molecule has 1 aliphatic rings. The van der Waals surface area contributed by atoms with Crippen LogP contribution in [0.1, 0.15) is 68.2 Å². The van der Waals surface area contributed by atoms with E-state index in [-0.39, 0.29) is 5.41 Å². The summed E-state index contributed by atoms with van der Waals surface area (Å²) in [4.78, 5) is 0. The van der Waals surface area contributed by atoms with Crippen molar-refractivity contribution in [2.45, 2.75) is 85.0 Å². The van der Waals surface area contributed by atoms with Crippen molar-refractivity contribution >= 4 is 15.5 Å². The van der Waals surface area contributed by atoms with Crippen molar-refractivity contribution < 1.29 is 15.3 Å². The number of aliphatic hydroxyl groups is 3. The van der Waals surface area contributed by atoms with E-state index in [4.69, 9.17) is 10.2 Å². The van der Waals surface area contributed by atoms with Crippen molar-refractivity contribution in [2.75, 3.05) is 0 Å². The SMILES string of the molecule is CC(C)(O)C(C)(C)C1CC1.CC(C)(O)C(C)(C)O.[B][B]. The molecule has 1 rings (SSSR count). The van der Waals surface area contributed by atoms with Crippen LogP contribution in [-0.2, 0) is 0 Å². The summed E-state index contributed by atoms with van der Waals surface area (Å²) in [6.45, 7) is 14.4. The highest BCUT2D eigenvalue weighted by Crippen LogP contribution is 2.50. The number of hydrogen-bond acceptors (Lipinski definition) is 3. The summed E-state index contributed by atoms with van der Waals surface area (Å²) >= 11 is 0. The third-order valence-corrected chi connectivity index (χ3v) is 4.67. The van der Waals surface area contributed by atoms with Gasteiger partial charge >= 0.3 is 0 Å². The van der Waals surface area contributed by atoms with Gasteiger partial charge in [0, 0.05) is 15.5 Å². The van der Waals surface area contributed by atoms with Crippen LogP contribution in [0.2, 0.25) is 0 Å². The lowest BCUT2D eigenvalue weighted by atomic mass is 9.73. The third-order valence-electron chi connectivity index (χ3n) is 4.67. The molecule has 116 valence electrons. The van der Waals surface area contributed by atoms with Gasteiger partial charge in [-0.05, 0) is 65.7 Å². The van der Waals surface area contributed by atoms with Crippen LogP contribution in [-0.4, -0.2) is 47.6 Å². The molecule has 3 N–H and O–H groups in total. The second-order valence-corrected chi connectivity index (χ2v) is 7.67. The molecule has 0 atom stereocenters. The zero-order valence-corrected chi connectivity index (χ0v) is 14.5. The maximum Gasteiger partial charge on any atom is 0.0872 e. The molecule has 0 spiro atoms. The first-order valence-corrected chi connectivity index (χ1v) is 7.11. The van der Waals surface area contributed by atoms with E-state index in [0.717, 1.165) is 5.92 Å². The van der Waals surface area contributed by atoms with Crippen LogP contribution in [0.25, 0.3) is 0 Å². The average Bonchev–Trinajstić information content (AvgIpc) is 2.99. The van der Waals surface area contributed by atoms with Crippen molar-refractivity contribution in [3.63, 3.8) is 0 Å². The quantitative estimate of drug-likeness (QED) is 0.693. The van der Waals surface area contributed by atoms with E-state index in [9.17, 15) is 5.11 Å². The van der Waals surface area contributed by atoms with E-state index in [1.54, 1.807) is 27.7 Å². The second-order valence-electron chi connectivity index (χ2n) is 7.67. The van der Waals surface area contributed by atoms with Gasteiger partial charge in [0.1, 0.15) is 0 Å². The Morgan fingerprint density at radius 1 is 0.650 bits per heavy atom. The van der Waals surface area contributed by atoms with Crippen LogP contribution >= 0.6 is 0 Å². The Bertz CT molecular complexity index is 254. The summed E-state index contributed by atoms with van der Waals surface area (Å²) in [5.74, 6) is 0.757. The zero-order chi connectivity index (χ0) is 17.0. The van der Waals surface area contributed by atoms with Crippen molar-refractivity contribution in [3.8, 4) is 0 Å². The minimum Gasteiger partial charge on any atom is -0.390 e. The van der Waals surface area contributed by atoms with Crippen molar-refractivity contribution in [2.24, 2.45) is 11.3 Å². The van der Waals surface area contributed by atoms with Crippen LogP contribution in [0.15, 0.2) is 0 Å². The molecule has 0 heterocycles. The average molecular weight is 282 g/mol. The van der Waals surface area contributed by atoms with Gasteiger partial charge in [-0.25, -0.2) is 0 Å². The standard InChI is InChI=1S/C9H18O.C6H14O2.B2/c1-8(2,7-5-6-7)9(3,4)10;1-5(2,7)6(3,4)8;1-2/h7,10H,5-6H2,1-4H3;7-8H,1-4H3;. The minimum absolute atomic E-state index is 0.104. The molecule has 0 saturated heterocycles. The van der Waals surface area contributed by atoms with E-state index >= 15 is 0 Å². The van der Waals surface area contributed by atoms with Gasteiger partial charge in [-0.15, -0.1) is 0 Å². The van der Waals surface area contributed by atoms with Crippen LogP contribution in [0, 0.1) is 11.3 Å². The Morgan fingerprint density at radius 3 is 0.950 bits per heavy atom. The zero-order valence-electron chi connectivity index (χ0n) is 14.5. The van der Waals surface area contributed by atoms with Crippen LogP contribution < -0.4 is 0 Å². The highest BCUT2D eigenvalue weighted by atomic mass is 16.3. The summed E-state index contributed by atoms with van der Waals surface area (Å²) in [5, 5.41) is 28.0. The molecular formula is C15H32B2O3. The topological polar surface area (TPSA) is 60.7 Å². The fourth-order valence-electron chi connectivity index (χ4n) is 1.30.